The molecule has 4 rings (SSSR count). The van der Waals surface area contributed by atoms with Gasteiger partial charge >= 0.3 is 0 Å². The molecular formula is C20H22S4. The van der Waals surface area contributed by atoms with Crippen LogP contribution < -0.4 is 0 Å². The highest BCUT2D eigenvalue weighted by molar-refractivity contribution is 8.09. The maximum absolute atomic E-state index is 2.29. The summed E-state index contributed by atoms with van der Waals surface area (Å²) in [6, 6.07) is 18.3. The first-order valence-electron chi connectivity index (χ1n) is 8.44. The SMILES string of the molecule is c1cc(-c2ccc(CSCC3CS3)cc2)ccc1CSCC1CS1. The second kappa shape index (κ2) is 8.48. The summed E-state index contributed by atoms with van der Waals surface area (Å²) in [4.78, 5) is 0. The standard InChI is InChI=1S/C20H22S4/c1-5-17(6-2-15(1)9-21-11-19-13-23-19)18-7-3-16(4-8-18)10-22-12-20-14-24-20/h1-8,19-20H,9-14H2. The molecule has 2 aliphatic heterocycles. The summed E-state index contributed by atoms with van der Waals surface area (Å²) < 4.78 is 0. The molecule has 0 radical (unpaired) electrons. The molecule has 0 N–H and O–H groups in total. The van der Waals surface area contributed by atoms with Gasteiger partial charge in [0.2, 0.25) is 0 Å². The van der Waals surface area contributed by atoms with Gasteiger partial charge in [0.15, 0.2) is 0 Å². The summed E-state index contributed by atoms with van der Waals surface area (Å²) >= 11 is 8.32. The first kappa shape index (κ1) is 17.3. The van der Waals surface area contributed by atoms with Gasteiger partial charge < -0.3 is 0 Å². The first-order valence-corrected chi connectivity index (χ1v) is 12.8. The Balaban J connectivity index is 1.28. The van der Waals surface area contributed by atoms with Crippen LogP contribution in [0, 0.1) is 0 Å². The molecule has 2 saturated heterocycles. The van der Waals surface area contributed by atoms with Crippen LogP contribution >= 0.6 is 47.0 Å². The third-order valence-corrected chi connectivity index (χ3v) is 8.91. The Morgan fingerprint density at radius 3 is 1.38 bits per heavy atom. The van der Waals surface area contributed by atoms with E-state index in [2.05, 4.69) is 95.6 Å². The minimum Gasteiger partial charge on any atom is -0.156 e. The van der Waals surface area contributed by atoms with E-state index < -0.39 is 0 Å². The van der Waals surface area contributed by atoms with E-state index in [-0.39, 0.29) is 0 Å². The van der Waals surface area contributed by atoms with Crippen molar-refractivity contribution in [3.05, 3.63) is 59.7 Å². The van der Waals surface area contributed by atoms with E-state index in [9.17, 15) is 0 Å². The van der Waals surface area contributed by atoms with Crippen molar-refractivity contribution in [3.8, 4) is 11.1 Å². The topological polar surface area (TPSA) is 0 Å². The molecule has 4 heteroatoms. The minimum absolute atomic E-state index is 0.939. The van der Waals surface area contributed by atoms with E-state index in [0.29, 0.717) is 0 Å². The van der Waals surface area contributed by atoms with Gasteiger partial charge in [0.25, 0.3) is 0 Å². The van der Waals surface area contributed by atoms with Gasteiger partial charge in [0.1, 0.15) is 0 Å². The molecular weight excluding hydrogens is 368 g/mol. The maximum Gasteiger partial charge on any atom is 0.0229 e. The van der Waals surface area contributed by atoms with Crippen LogP contribution in [0.2, 0.25) is 0 Å². The molecule has 2 aromatic rings. The summed E-state index contributed by atoms with van der Waals surface area (Å²) in [6.07, 6.45) is 0. The predicted octanol–water partition coefficient (Wildman–Crippen LogP) is 6.05. The van der Waals surface area contributed by atoms with E-state index in [4.69, 9.17) is 0 Å². The summed E-state index contributed by atoms with van der Waals surface area (Å²) in [5.41, 5.74) is 5.55. The van der Waals surface area contributed by atoms with Crippen molar-refractivity contribution in [2.24, 2.45) is 0 Å². The monoisotopic (exact) mass is 390 g/mol. The smallest absolute Gasteiger partial charge is 0.0229 e. The highest BCUT2D eigenvalue weighted by atomic mass is 32.2. The second-order valence-corrected chi connectivity index (χ2v) is 11.1. The van der Waals surface area contributed by atoms with Gasteiger partial charge in [-0.25, -0.2) is 0 Å². The van der Waals surface area contributed by atoms with Gasteiger partial charge in [0.05, 0.1) is 0 Å². The Bertz CT molecular complexity index is 583. The number of rotatable bonds is 9. The van der Waals surface area contributed by atoms with Crippen molar-refractivity contribution in [2.75, 3.05) is 23.0 Å². The molecule has 0 amide bonds. The molecule has 2 unspecified atom stereocenters. The summed E-state index contributed by atoms with van der Waals surface area (Å²) in [5.74, 6) is 7.66. The number of hydrogen-bond acceptors (Lipinski definition) is 4. The van der Waals surface area contributed by atoms with Gasteiger partial charge in [-0.05, 0) is 22.3 Å². The van der Waals surface area contributed by atoms with E-state index in [1.54, 1.807) is 0 Å². The van der Waals surface area contributed by atoms with Crippen LogP contribution in [0.15, 0.2) is 48.5 Å². The predicted molar refractivity (Wildman–Crippen MR) is 117 cm³/mol. The van der Waals surface area contributed by atoms with Crippen molar-refractivity contribution < 1.29 is 0 Å². The highest BCUT2D eigenvalue weighted by Crippen LogP contribution is 2.34. The van der Waals surface area contributed by atoms with Gasteiger partial charge in [-0.15, -0.1) is 0 Å². The van der Waals surface area contributed by atoms with Gasteiger partial charge in [-0.2, -0.15) is 47.0 Å². The van der Waals surface area contributed by atoms with E-state index in [1.165, 1.54) is 45.3 Å². The zero-order valence-electron chi connectivity index (χ0n) is 13.6. The fourth-order valence-electron chi connectivity index (χ4n) is 2.53. The molecule has 2 atom stereocenters. The van der Waals surface area contributed by atoms with Crippen LogP contribution in [0.3, 0.4) is 0 Å². The second-order valence-electron chi connectivity index (χ2n) is 6.33. The molecule has 2 aromatic carbocycles. The first-order chi connectivity index (χ1) is 11.9. The molecule has 0 saturated carbocycles. The molecule has 2 heterocycles. The summed E-state index contributed by atoms with van der Waals surface area (Å²) in [5, 5.41) is 1.88. The minimum atomic E-state index is 0.939. The van der Waals surface area contributed by atoms with Gasteiger partial charge in [-0.1, -0.05) is 48.5 Å². The Morgan fingerprint density at radius 2 is 1.04 bits per heavy atom. The quantitative estimate of drug-likeness (QED) is 0.478. The molecule has 0 nitrogen and oxygen atoms in total. The van der Waals surface area contributed by atoms with Crippen molar-refractivity contribution in [1.82, 2.24) is 0 Å². The van der Waals surface area contributed by atoms with E-state index in [1.807, 2.05) is 0 Å². The zero-order valence-corrected chi connectivity index (χ0v) is 16.9. The largest absolute Gasteiger partial charge is 0.156 e. The molecule has 2 aliphatic rings. The number of thioether (sulfide) groups is 4. The zero-order chi connectivity index (χ0) is 16.2. The Morgan fingerprint density at radius 1 is 0.667 bits per heavy atom. The molecule has 2 fully saturated rings. The third kappa shape index (κ3) is 5.42. The van der Waals surface area contributed by atoms with E-state index >= 15 is 0 Å². The average molecular weight is 391 g/mol. The van der Waals surface area contributed by atoms with Gasteiger partial charge in [0, 0.05) is 45.0 Å². The molecule has 24 heavy (non-hydrogen) atoms. The Hall–Kier alpha value is -0.160. The number of hydrogen-bond donors (Lipinski definition) is 0. The Kier molecular flexibility index (Phi) is 6.10. The third-order valence-electron chi connectivity index (χ3n) is 4.19. The number of benzene rings is 2. The van der Waals surface area contributed by atoms with Crippen molar-refractivity contribution in [2.45, 2.75) is 22.0 Å². The van der Waals surface area contributed by atoms with Gasteiger partial charge in [-0.3, -0.25) is 0 Å². The van der Waals surface area contributed by atoms with Crippen LogP contribution in [0.4, 0.5) is 0 Å². The molecule has 0 aromatic heterocycles. The molecule has 0 bridgehead atoms. The van der Waals surface area contributed by atoms with E-state index in [0.717, 1.165) is 22.0 Å². The molecule has 126 valence electrons. The fraction of sp³-hybridized carbons (Fsp3) is 0.400. The van der Waals surface area contributed by atoms with Crippen LogP contribution in [0.25, 0.3) is 11.1 Å². The normalized spacial score (nSPS) is 21.7. The van der Waals surface area contributed by atoms with Crippen molar-refractivity contribution >= 4 is 47.0 Å². The lowest BCUT2D eigenvalue weighted by Gasteiger charge is -2.06. The van der Waals surface area contributed by atoms with Crippen LogP contribution in [-0.4, -0.2) is 33.5 Å². The molecule has 0 aliphatic carbocycles. The Labute approximate surface area is 162 Å². The fourth-order valence-corrected chi connectivity index (χ4v) is 6.54. The lowest BCUT2D eigenvalue weighted by molar-refractivity contribution is 1.26. The summed E-state index contributed by atoms with van der Waals surface area (Å²) in [6.45, 7) is 0. The van der Waals surface area contributed by atoms with Crippen LogP contribution in [0.1, 0.15) is 11.1 Å². The van der Waals surface area contributed by atoms with Crippen LogP contribution in [-0.2, 0) is 11.5 Å². The van der Waals surface area contributed by atoms with Crippen molar-refractivity contribution in [3.63, 3.8) is 0 Å². The lowest BCUT2D eigenvalue weighted by atomic mass is 10.0. The highest BCUT2D eigenvalue weighted by Gasteiger charge is 2.22. The molecule has 0 spiro atoms. The van der Waals surface area contributed by atoms with Crippen molar-refractivity contribution in [1.29, 1.82) is 0 Å². The summed E-state index contributed by atoms with van der Waals surface area (Å²) in [7, 11) is 0. The maximum atomic E-state index is 2.29. The van der Waals surface area contributed by atoms with Crippen LogP contribution in [0.5, 0.6) is 0 Å². The average Bonchev–Trinajstić information content (AvgIpc) is 3.52. The lowest BCUT2D eigenvalue weighted by Crippen LogP contribution is -1.90.